The van der Waals surface area contributed by atoms with Gasteiger partial charge >= 0.3 is 6.03 Å². The number of methoxy groups -OCH3 is 1. The first-order valence-corrected chi connectivity index (χ1v) is 7.50. The fraction of sp³-hybridized carbons (Fsp3) is 0.278. The van der Waals surface area contributed by atoms with Crippen molar-refractivity contribution < 1.29 is 18.3 Å². The Hall–Kier alpha value is -2.47. The van der Waals surface area contributed by atoms with Gasteiger partial charge in [-0.05, 0) is 17.2 Å². The molecule has 0 fully saturated rings. The minimum atomic E-state index is -0.667. The molecule has 0 unspecified atom stereocenters. The van der Waals surface area contributed by atoms with Crippen LogP contribution in [0, 0.1) is 11.6 Å². The summed E-state index contributed by atoms with van der Waals surface area (Å²) in [5.74, 6) is -1.31. The molecule has 2 aromatic rings. The van der Waals surface area contributed by atoms with E-state index in [1.807, 2.05) is 24.3 Å². The van der Waals surface area contributed by atoms with Gasteiger partial charge in [0.2, 0.25) is 0 Å². The van der Waals surface area contributed by atoms with E-state index in [4.69, 9.17) is 4.74 Å². The molecule has 0 radical (unpaired) electrons. The molecular formula is C18H20F2N2O2. The lowest BCUT2D eigenvalue weighted by atomic mass is 10.1. The van der Waals surface area contributed by atoms with E-state index in [0.29, 0.717) is 13.2 Å². The number of rotatable bonds is 6. The molecular weight excluding hydrogens is 314 g/mol. The molecule has 1 N–H and O–H groups in total. The Kier molecular flexibility index (Phi) is 6.26. The number of carbonyl (C=O) groups is 1. The number of urea groups is 1. The molecule has 2 aromatic carbocycles. The maximum atomic E-state index is 13.7. The van der Waals surface area contributed by atoms with Crippen LogP contribution < -0.4 is 5.32 Å². The van der Waals surface area contributed by atoms with E-state index in [1.165, 1.54) is 17.0 Å². The molecule has 0 aliphatic carbocycles. The largest absolute Gasteiger partial charge is 0.380 e. The van der Waals surface area contributed by atoms with Crippen LogP contribution in [0.3, 0.4) is 0 Å². The third-order valence-electron chi connectivity index (χ3n) is 3.62. The van der Waals surface area contributed by atoms with E-state index in [0.717, 1.165) is 17.2 Å². The highest BCUT2D eigenvalue weighted by Crippen LogP contribution is 2.12. The van der Waals surface area contributed by atoms with Crippen LogP contribution in [0.1, 0.15) is 16.7 Å². The quantitative estimate of drug-likeness (QED) is 0.879. The van der Waals surface area contributed by atoms with E-state index in [2.05, 4.69) is 5.32 Å². The maximum absolute atomic E-state index is 13.7. The molecule has 0 saturated carbocycles. The average Bonchev–Trinajstić information content (AvgIpc) is 2.56. The molecule has 4 nitrogen and oxygen atoms in total. The third kappa shape index (κ3) is 4.76. The second kappa shape index (κ2) is 8.40. The van der Waals surface area contributed by atoms with Crippen molar-refractivity contribution >= 4 is 6.03 Å². The molecule has 0 saturated heterocycles. The number of benzene rings is 2. The van der Waals surface area contributed by atoms with E-state index in [-0.39, 0.29) is 18.1 Å². The molecule has 6 heteroatoms. The van der Waals surface area contributed by atoms with E-state index < -0.39 is 11.6 Å². The number of nitrogens with zero attached hydrogens (tertiary/aromatic N) is 1. The number of nitrogens with one attached hydrogen (secondary N) is 1. The van der Waals surface area contributed by atoms with Crippen LogP contribution in [0.15, 0.2) is 42.5 Å². The second-order valence-electron chi connectivity index (χ2n) is 5.45. The van der Waals surface area contributed by atoms with Gasteiger partial charge in [-0.25, -0.2) is 13.6 Å². The Morgan fingerprint density at radius 3 is 2.50 bits per heavy atom. The lowest BCUT2D eigenvalue weighted by molar-refractivity contribution is 0.183. The lowest BCUT2D eigenvalue weighted by Crippen LogP contribution is -2.36. The highest BCUT2D eigenvalue weighted by molar-refractivity contribution is 5.73. The zero-order chi connectivity index (χ0) is 17.5. The molecule has 0 bridgehead atoms. The molecule has 24 heavy (non-hydrogen) atoms. The first kappa shape index (κ1) is 17.9. The molecule has 2 amide bonds. The van der Waals surface area contributed by atoms with Crippen molar-refractivity contribution in [3.63, 3.8) is 0 Å². The first-order valence-electron chi connectivity index (χ1n) is 7.50. The fourth-order valence-electron chi connectivity index (χ4n) is 2.31. The van der Waals surface area contributed by atoms with Crippen molar-refractivity contribution in [2.45, 2.75) is 19.7 Å². The van der Waals surface area contributed by atoms with Gasteiger partial charge < -0.3 is 15.0 Å². The fourth-order valence-corrected chi connectivity index (χ4v) is 2.31. The standard InChI is InChI=1S/C18H20F2N2O2/c1-22(11-14-7-8-16(19)9-17(14)20)18(23)21-10-13-5-3-4-6-15(13)12-24-2/h3-9H,10-12H2,1-2H3,(H,21,23). The van der Waals surface area contributed by atoms with Gasteiger partial charge in [0.1, 0.15) is 11.6 Å². The van der Waals surface area contributed by atoms with Crippen LogP contribution in [0.2, 0.25) is 0 Å². The summed E-state index contributed by atoms with van der Waals surface area (Å²) in [7, 11) is 3.17. The third-order valence-corrected chi connectivity index (χ3v) is 3.62. The van der Waals surface area contributed by atoms with Gasteiger partial charge in [-0.1, -0.05) is 30.3 Å². The molecule has 128 valence electrons. The van der Waals surface area contributed by atoms with Crippen LogP contribution in [-0.2, 0) is 24.4 Å². The number of hydrogen-bond donors (Lipinski definition) is 1. The zero-order valence-electron chi connectivity index (χ0n) is 13.7. The van der Waals surface area contributed by atoms with Crippen molar-refractivity contribution in [1.29, 1.82) is 0 Å². The Labute approximate surface area is 140 Å². The number of hydrogen-bond acceptors (Lipinski definition) is 2. The molecule has 0 heterocycles. The maximum Gasteiger partial charge on any atom is 0.317 e. The second-order valence-corrected chi connectivity index (χ2v) is 5.45. The summed E-state index contributed by atoms with van der Waals surface area (Å²) >= 11 is 0. The van der Waals surface area contributed by atoms with Crippen molar-refractivity contribution in [1.82, 2.24) is 10.2 Å². The molecule has 0 aromatic heterocycles. The van der Waals surface area contributed by atoms with Gasteiger partial charge in [0.05, 0.1) is 6.61 Å². The van der Waals surface area contributed by atoms with Gasteiger partial charge in [0, 0.05) is 38.9 Å². The van der Waals surface area contributed by atoms with Crippen LogP contribution in [0.5, 0.6) is 0 Å². The SMILES string of the molecule is COCc1ccccc1CNC(=O)N(C)Cc1ccc(F)cc1F. The Morgan fingerprint density at radius 2 is 1.83 bits per heavy atom. The molecule has 0 spiro atoms. The van der Waals surface area contributed by atoms with Crippen molar-refractivity contribution in [3.8, 4) is 0 Å². The Bertz CT molecular complexity index is 707. The van der Waals surface area contributed by atoms with Gasteiger partial charge in [-0.2, -0.15) is 0 Å². The monoisotopic (exact) mass is 334 g/mol. The van der Waals surface area contributed by atoms with Gasteiger partial charge in [0.25, 0.3) is 0 Å². The minimum Gasteiger partial charge on any atom is -0.380 e. The minimum absolute atomic E-state index is 0.0532. The first-order chi connectivity index (χ1) is 11.5. The predicted molar refractivity (Wildman–Crippen MR) is 87.2 cm³/mol. The molecule has 0 atom stereocenters. The van der Waals surface area contributed by atoms with Crippen LogP contribution >= 0.6 is 0 Å². The summed E-state index contributed by atoms with van der Waals surface area (Å²) < 4.78 is 31.7. The van der Waals surface area contributed by atoms with Crippen LogP contribution in [-0.4, -0.2) is 25.1 Å². The molecule has 0 aliphatic heterocycles. The summed E-state index contributed by atoms with van der Waals surface area (Å²) in [6, 6.07) is 10.6. The van der Waals surface area contributed by atoms with E-state index in [1.54, 1.807) is 14.2 Å². The zero-order valence-corrected chi connectivity index (χ0v) is 13.7. The van der Waals surface area contributed by atoms with Crippen LogP contribution in [0.25, 0.3) is 0 Å². The average molecular weight is 334 g/mol. The van der Waals surface area contributed by atoms with Crippen LogP contribution in [0.4, 0.5) is 13.6 Å². The Morgan fingerprint density at radius 1 is 1.12 bits per heavy atom. The van der Waals surface area contributed by atoms with E-state index >= 15 is 0 Å². The van der Waals surface area contributed by atoms with Crippen molar-refractivity contribution in [2.24, 2.45) is 0 Å². The topological polar surface area (TPSA) is 41.6 Å². The summed E-state index contributed by atoms with van der Waals surface area (Å²) in [4.78, 5) is 13.5. The van der Waals surface area contributed by atoms with Gasteiger partial charge in [-0.3, -0.25) is 0 Å². The lowest BCUT2D eigenvalue weighted by Gasteiger charge is -2.19. The number of ether oxygens (including phenoxy) is 1. The number of carbonyl (C=O) groups excluding carboxylic acids is 1. The Balaban J connectivity index is 1.94. The normalized spacial score (nSPS) is 10.5. The van der Waals surface area contributed by atoms with Crippen molar-refractivity contribution in [2.75, 3.05) is 14.2 Å². The summed E-state index contributed by atoms with van der Waals surface area (Å²) in [6.45, 7) is 0.856. The summed E-state index contributed by atoms with van der Waals surface area (Å²) in [5.41, 5.74) is 2.20. The van der Waals surface area contributed by atoms with Gasteiger partial charge in [-0.15, -0.1) is 0 Å². The van der Waals surface area contributed by atoms with Gasteiger partial charge in [0.15, 0.2) is 0 Å². The van der Waals surface area contributed by atoms with Crippen molar-refractivity contribution in [3.05, 3.63) is 70.8 Å². The highest BCUT2D eigenvalue weighted by atomic mass is 19.1. The van der Waals surface area contributed by atoms with E-state index in [9.17, 15) is 13.6 Å². The number of halogens is 2. The summed E-state index contributed by atoms with van der Waals surface area (Å²) in [5, 5.41) is 2.78. The highest BCUT2D eigenvalue weighted by Gasteiger charge is 2.12. The molecule has 0 aliphatic rings. The predicted octanol–water partition coefficient (Wildman–Crippen LogP) is 3.45. The molecule has 2 rings (SSSR count). The smallest absolute Gasteiger partial charge is 0.317 e. The summed E-state index contributed by atoms with van der Waals surface area (Å²) in [6.07, 6.45) is 0. The number of amides is 2.